The molecule has 0 aliphatic carbocycles. The van der Waals surface area contributed by atoms with E-state index >= 15 is 0 Å². The zero-order valence-corrected chi connectivity index (χ0v) is 13.8. The number of benzene rings is 1. The molecule has 0 fully saturated rings. The van der Waals surface area contributed by atoms with Gasteiger partial charge in [-0.3, -0.25) is 19.6 Å². The maximum Gasteiger partial charge on any atom is 0.249 e. The van der Waals surface area contributed by atoms with Gasteiger partial charge in [-0.25, -0.2) is 0 Å². The smallest absolute Gasteiger partial charge is 0.249 e. The van der Waals surface area contributed by atoms with Crippen molar-refractivity contribution in [1.29, 1.82) is 0 Å². The van der Waals surface area contributed by atoms with Gasteiger partial charge in [-0.2, -0.15) is 0 Å². The minimum absolute atomic E-state index is 0.00592. The molecule has 5 nitrogen and oxygen atoms in total. The Kier molecular flexibility index (Phi) is 4.51. The summed E-state index contributed by atoms with van der Waals surface area (Å²) in [4.78, 5) is 35.1. The zero-order valence-electron chi connectivity index (χ0n) is 13.8. The number of para-hydroxylation sites is 1. The van der Waals surface area contributed by atoms with Crippen LogP contribution < -0.4 is 4.90 Å². The molecule has 3 rings (SSSR count). The summed E-state index contributed by atoms with van der Waals surface area (Å²) in [6.45, 7) is 3.75. The average Bonchev–Trinajstić information content (AvgIpc) is 2.73. The van der Waals surface area contributed by atoms with Crippen LogP contribution in [-0.4, -0.2) is 35.5 Å². The molecule has 0 unspecified atom stereocenters. The van der Waals surface area contributed by atoms with Crippen LogP contribution in [-0.2, 0) is 9.59 Å². The molecule has 0 radical (unpaired) electrons. The molecule has 2 aromatic rings. The summed E-state index contributed by atoms with van der Waals surface area (Å²) in [6, 6.07) is 13.1. The van der Waals surface area contributed by atoms with E-state index in [9.17, 15) is 9.59 Å². The number of amides is 1. The Hall–Kier alpha value is -2.82. The number of anilines is 1. The van der Waals surface area contributed by atoms with E-state index in [-0.39, 0.29) is 30.7 Å². The van der Waals surface area contributed by atoms with Gasteiger partial charge in [0.2, 0.25) is 5.91 Å². The first-order chi connectivity index (χ1) is 11.6. The lowest BCUT2D eigenvalue weighted by Gasteiger charge is -2.23. The monoisotopic (exact) mass is 321 g/mol. The van der Waals surface area contributed by atoms with Crippen LogP contribution >= 0.6 is 0 Å². The highest BCUT2D eigenvalue weighted by atomic mass is 16.2. The molecule has 122 valence electrons. The van der Waals surface area contributed by atoms with E-state index in [1.807, 2.05) is 56.3 Å². The quantitative estimate of drug-likeness (QED) is 0.869. The molecule has 0 bridgehead atoms. The van der Waals surface area contributed by atoms with Gasteiger partial charge in [0, 0.05) is 17.7 Å². The summed E-state index contributed by atoms with van der Waals surface area (Å²) in [5.74, 6) is -0.272. The van der Waals surface area contributed by atoms with Gasteiger partial charge in [0.1, 0.15) is 6.54 Å². The molecule has 1 aliphatic heterocycles. The minimum atomic E-state index is -0.178. The lowest BCUT2D eigenvalue weighted by Crippen LogP contribution is -2.38. The molecule has 0 atom stereocenters. The van der Waals surface area contributed by atoms with Crippen LogP contribution in [0.1, 0.15) is 25.1 Å². The van der Waals surface area contributed by atoms with E-state index in [4.69, 9.17) is 0 Å². The van der Waals surface area contributed by atoms with Gasteiger partial charge in [-0.15, -0.1) is 0 Å². The molecule has 1 aliphatic rings. The van der Waals surface area contributed by atoms with E-state index in [1.165, 1.54) is 4.90 Å². The number of pyridine rings is 1. The summed E-state index contributed by atoms with van der Waals surface area (Å²) >= 11 is 0. The fourth-order valence-electron chi connectivity index (χ4n) is 2.59. The van der Waals surface area contributed by atoms with Crippen molar-refractivity contribution in [1.82, 2.24) is 4.98 Å². The number of aromatic nitrogens is 1. The number of Topliss-reactive ketones (excluding diaryl/α,β-unsaturated/α-hetero) is 1. The van der Waals surface area contributed by atoms with Gasteiger partial charge < -0.3 is 4.90 Å². The highest BCUT2D eigenvalue weighted by Gasteiger charge is 2.27. The van der Waals surface area contributed by atoms with E-state index < -0.39 is 0 Å². The summed E-state index contributed by atoms with van der Waals surface area (Å²) < 4.78 is 0. The third kappa shape index (κ3) is 3.11. The lowest BCUT2D eigenvalue weighted by atomic mass is 10.0. The largest absolute Gasteiger partial charge is 0.303 e. The Labute approximate surface area is 141 Å². The number of nitrogens with zero attached hydrogens (tertiary/aromatic N) is 3. The first-order valence-corrected chi connectivity index (χ1v) is 7.96. The number of benzodiazepines with no additional fused rings is 1. The molecular weight excluding hydrogens is 302 g/mol. The third-order valence-corrected chi connectivity index (χ3v) is 3.99. The SMILES string of the molecule is CC(C)C(=O)CN1C(=O)CN=C(c2ccccn2)c2ccccc21. The number of ketones is 1. The number of carbonyl (C=O) groups is 2. The number of hydrogen-bond donors (Lipinski definition) is 0. The van der Waals surface area contributed by atoms with Crippen LogP contribution in [0.2, 0.25) is 0 Å². The van der Waals surface area contributed by atoms with E-state index in [0.29, 0.717) is 11.4 Å². The molecule has 0 N–H and O–H groups in total. The van der Waals surface area contributed by atoms with Crippen LogP contribution in [0, 0.1) is 5.92 Å². The van der Waals surface area contributed by atoms with Crippen molar-refractivity contribution in [3.63, 3.8) is 0 Å². The predicted octanol–water partition coefficient (Wildman–Crippen LogP) is 2.49. The lowest BCUT2D eigenvalue weighted by molar-refractivity contribution is -0.123. The first kappa shape index (κ1) is 16.1. The van der Waals surface area contributed by atoms with Gasteiger partial charge in [0.15, 0.2) is 5.78 Å². The Morgan fingerprint density at radius 1 is 1.17 bits per heavy atom. The van der Waals surface area contributed by atoms with Crippen molar-refractivity contribution in [2.75, 3.05) is 18.0 Å². The summed E-state index contributed by atoms with van der Waals surface area (Å²) in [5, 5.41) is 0. The van der Waals surface area contributed by atoms with Crippen LogP contribution in [0.25, 0.3) is 0 Å². The van der Waals surface area contributed by atoms with Crippen molar-refractivity contribution in [3.05, 3.63) is 59.9 Å². The van der Waals surface area contributed by atoms with Crippen molar-refractivity contribution < 1.29 is 9.59 Å². The first-order valence-electron chi connectivity index (χ1n) is 7.96. The van der Waals surface area contributed by atoms with Crippen molar-refractivity contribution in [3.8, 4) is 0 Å². The molecule has 5 heteroatoms. The summed E-state index contributed by atoms with van der Waals surface area (Å²) in [6.07, 6.45) is 1.70. The molecule has 0 saturated heterocycles. The second-order valence-electron chi connectivity index (χ2n) is 6.00. The normalized spacial score (nSPS) is 14.2. The van der Waals surface area contributed by atoms with Crippen molar-refractivity contribution in [2.45, 2.75) is 13.8 Å². The summed E-state index contributed by atoms with van der Waals surface area (Å²) in [5.41, 5.74) is 2.92. The second kappa shape index (κ2) is 6.74. The maximum absolute atomic E-state index is 12.6. The highest BCUT2D eigenvalue weighted by Crippen LogP contribution is 2.26. The number of carbonyl (C=O) groups excluding carboxylic acids is 2. The van der Waals surface area contributed by atoms with Crippen LogP contribution in [0.4, 0.5) is 5.69 Å². The summed E-state index contributed by atoms with van der Waals surface area (Å²) in [7, 11) is 0. The molecule has 24 heavy (non-hydrogen) atoms. The van der Waals surface area contributed by atoms with Gasteiger partial charge in [-0.05, 0) is 18.2 Å². The van der Waals surface area contributed by atoms with E-state index in [2.05, 4.69) is 9.98 Å². The molecule has 1 aromatic carbocycles. The zero-order chi connectivity index (χ0) is 17.1. The standard InChI is InChI=1S/C19H19N3O2/c1-13(2)17(23)12-22-16-9-4-3-7-14(16)19(21-11-18(22)24)15-8-5-6-10-20-15/h3-10,13H,11-12H2,1-2H3. The Morgan fingerprint density at radius 3 is 2.62 bits per heavy atom. The van der Waals surface area contributed by atoms with Crippen molar-refractivity contribution >= 4 is 23.1 Å². The average molecular weight is 321 g/mol. The number of rotatable bonds is 4. The number of fused-ring (bicyclic) bond motifs is 1. The fourth-order valence-corrected chi connectivity index (χ4v) is 2.59. The van der Waals surface area contributed by atoms with Crippen LogP contribution in [0.3, 0.4) is 0 Å². The topological polar surface area (TPSA) is 62.6 Å². The second-order valence-corrected chi connectivity index (χ2v) is 6.00. The van der Waals surface area contributed by atoms with Crippen LogP contribution in [0.5, 0.6) is 0 Å². The molecule has 1 amide bonds. The third-order valence-electron chi connectivity index (χ3n) is 3.99. The Bertz CT molecular complexity index is 797. The van der Waals surface area contributed by atoms with Crippen LogP contribution in [0.15, 0.2) is 53.7 Å². The highest BCUT2D eigenvalue weighted by molar-refractivity contribution is 6.19. The van der Waals surface area contributed by atoms with Gasteiger partial charge in [-0.1, -0.05) is 38.1 Å². The molecule has 1 aromatic heterocycles. The van der Waals surface area contributed by atoms with E-state index in [0.717, 1.165) is 11.3 Å². The van der Waals surface area contributed by atoms with Crippen molar-refractivity contribution in [2.24, 2.45) is 10.9 Å². The maximum atomic E-state index is 12.6. The number of hydrogen-bond acceptors (Lipinski definition) is 4. The van der Waals surface area contributed by atoms with Gasteiger partial charge in [0.05, 0.1) is 23.6 Å². The Morgan fingerprint density at radius 2 is 1.92 bits per heavy atom. The Balaban J connectivity index is 2.07. The van der Waals surface area contributed by atoms with E-state index in [1.54, 1.807) is 6.20 Å². The molecule has 2 heterocycles. The predicted molar refractivity (Wildman–Crippen MR) is 93.4 cm³/mol. The number of aliphatic imine (C=N–C) groups is 1. The minimum Gasteiger partial charge on any atom is -0.303 e. The molecular formula is C19H19N3O2. The molecule has 0 saturated carbocycles. The fraction of sp³-hybridized carbons (Fsp3) is 0.263. The van der Waals surface area contributed by atoms with Gasteiger partial charge >= 0.3 is 0 Å². The molecule has 0 spiro atoms. The van der Waals surface area contributed by atoms with Gasteiger partial charge in [0.25, 0.3) is 0 Å².